The SMILES string of the molecule is COc1cc(-c2c(C)cccc2C)nc(NSc2cccc(C)c2)n1.NC1CCCNC1. The Morgan fingerprint density at radius 3 is 2.41 bits per heavy atom. The maximum Gasteiger partial charge on any atom is 0.237 e. The Balaban J connectivity index is 0.000000352. The minimum Gasteiger partial charge on any atom is -0.481 e. The smallest absolute Gasteiger partial charge is 0.237 e. The number of ether oxygens (including phenoxy) is 1. The molecule has 0 aliphatic carbocycles. The van der Waals surface area contributed by atoms with E-state index in [0.717, 1.165) is 29.2 Å². The van der Waals surface area contributed by atoms with Crippen LogP contribution in [0.5, 0.6) is 5.88 Å². The van der Waals surface area contributed by atoms with E-state index in [1.165, 1.54) is 41.5 Å². The summed E-state index contributed by atoms with van der Waals surface area (Å²) in [5.41, 5.74) is 11.1. The average molecular weight is 452 g/mol. The van der Waals surface area contributed by atoms with Crippen LogP contribution in [0.4, 0.5) is 5.95 Å². The van der Waals surface area contributed by atoms with Gasteiger partial charge in [-0.2, -0.15) is 4.98 Å². The number of hydrogen-bond acceptors (Lipinski definition) is 7. The Labute approximate surface area is 195 Å². The van der Waals surface area contributed by atoms with E-state index in [2.05, 4.69) is 77.2 Å². The predicted octanol–water partition coefficient (Wildman–Crippen LogP) is 4.89. The molecule has 0 spiro atoms. The largest absolute Gasteiger partial charge is 0.481 e. The van der Waals surface area contributed by atoms with E-state index in [-0.39, 0.29) is 0 Å². The van der Waals surface area contributed by atoms with Crippen LogP contribution < -0.4 is 20.5 Å². The fourth-order valence-electron chi connectivity index (χ4n) is 3.58. The lowest BCUT2D eigenvalue weighted by atomic mass is 10.00. The third kappa shape index (κ3) is 6.95. The van der Waals surface area contributed by atoms with Crippen molar-refractivity contribution in [3.63, 3.8) is 0 Å². The van der Waals surface area contributed by atoms with Gasteiger partial charge >= 0.3 is 0 Å². The number of aryl methyl sites for hydroxylation is 3. The van der Waals surface area contributed by atoms with E-state index < -0.39 is 0 Å². The number of hydrogen-bond donors (Lipinski definition) is 3. The van der Waals surface area contributed by atoms with E-state index in [1.807, 2.05) is 12.1 Å². The number of nitrogens with two attached hydrogens (primary N) is 1. The standard InChI is InChI=1S/C20H21N3OS.C5H12N2/c1-13-7-5-10-16(11-13)25-23-20-21-17(12-18(22-20)24-4)19-14(2)8-6-9-15(19)3;6-5-2-1-3-7-4-5/h5-12H,1-4H3,(H,21,22,23);5,7H,1-4,6H2. The molecule has 0 saturated carbocycles. The summed E-state index contributed by atoms with van der Waals surface area (Å²) in [4.78, 5) is 10.2. The second kappa shape index (κ2) is 11.9. The van der Waals surface area contributed by atoms with Crippen LogP contribution in [0.25, 0.3) is 11.3 Å². The molecule has 1 fully saturated rings. The summed E-state index contributed by atoms with van der Waals surface area (Å²) in [5, 5.41) is 3.21. The molecule has 7 heteroatoms. The summed E-state index contributed by atoms with van der Waals surface area (Å²) in [6, 6.07) is 16.8. The maximum atomic E-state index is 5.57. The number of piperidine rings is 1. The van der Waals surface area contributed by atoms with Crippen molar-refractivity contribution in [1.29, 1.82) is 0 Å². The fourth-order valence-corrected chi connectivity index (χ4v) is 4.28. The Bertz CT molecular complexity index is 1000. The number of methoxy groups -OCH3 is 1. The predicted molar refractivity (Wildman–Crippen MR) is 134 cm³/mol. The average Bonchev–Trinajstić information content (AvgIpc) is 2.78. The second-order valence-electron chi connectivity index (χ2n) is 8.01. The first-order valence-corrected chi connectivity index (χ1v) is 11.7. The molecule has 1 atom stereocenters. The molecule has 170 valence electrons. The summed E-state index contributed by atoms with van der Waals surface area (Å²) < 4.78 is 8.59. The second-order valence-corrected chi connectivity index (χ2v) is 8.89. The molecule has 1 saturated heterocycles. The fraction of sp³-hybridized carbons (Fsp3) is 0.360. The van der Waals surface area contributed by atoms with Crippen LogP contribution >= 0.6 is 11.9 Å². The van der Waals surface area contributed by atoms with Crippen molar-refractivity contribution in [3.8, 4) is 17.1 Å². The minimum atomic E-state index is 0.425. The molecule has 1 unspecified atom stereocenters. The molecule has 1 aromatic heterocycles. The summed E-state index contributed by atoms with van der Waals surface area (Å²) >= 11 is 1.49. The van der Waals surface area contributed by atoms with Crippen LogP contribution in [0.3, 0.4) is 0 Å². The summed E-state index contributed by atoms with van der Waals surface area (Å²) in [7, 11) is 1.62. The molecule has 0 radical (unpaired) electrons. The highest BCUT2D eigenvalue weighted by Gasteiger charge is 2.12. The highest BCUT2D eigenvalue weighted by Crippen LogP contribution is 2.29. The van der Waals surface area contributed by atoms with Crippen molar-refractivity contribution >= 4 is 17.9 Å². The van der Waals surface area contributed by atoms with Crippen LogP contribution in [0.15, 0.2) is 53.4 Å². The van der Waals surface area contributed by atoms with Gasteiger partial charge in [-0.1, -0.05) is 30.3 Å². The van der Waals surface area contributed by atoms with Gasteiger partial charge in [-0.25, -0.2) is 4.98 Å². The zero-order chi connectivity index (χ0) is 22.9. The Hall–Kier alpha value is -2.61. The molecule has 1 aliphatic rings. The molecular formula is C25H33N5OS. The number of aromatic nitrogens is 2. The van der Waals surface area contributed by atoms with Gasteiger partial charge < -0.3 is 15.8 Å². The van der Waals surface area contributed by atoms with Crippen molar-refractivity contribution in [2.24, 2.45) is 5.73 Å². The number of benzene rings is 2. The maximum absolute atomic E-state index is 5.57. The van der Waals surface area contributed by atoms with Crippen molar-refractivity contribution in [2.75, 3.05) is 24.9 Å². The van der Waals surface area contributed by atoms with E-state index in [0.29, 0.717) is 17.9 Å². The molecule has 32 heavy (non-hydrogen) atoms. The first kappa shape index (κ1) is 24.0. The van der Waals surface area contributed by atoms with Crippen LogP contribution in [-0.4, -0.2) is 36.2 Å². The quantitative estimate of drug-likeness (QED) is 0.476. The molecule has 2 heterocycles. The third-order valence-corrected chi connectivity index (χ3v) is 6.01. The third-order valence-electron chi connectivity index (χ3n) is 5.23. The Kier molecular flexibility index (Phi) is 8.90. The van der Waals surface area contributed by atoms with Crippen molar-refractivity contribution in [1.82, 2.24) is 15.3 Å². The van der Waals surface area contributed by atoms with Gasteiger partial charge in [0, 0.05) is 29.1 Å². The number of rotatable bonds is 5. The number of nitrogens with one attached hydrogen (secondary N) is 2. The molecule has 3 aromatic rings. The minimum absolute atomic E-state index is 0.425. The number of nitrogens with zero attached hydrogens (tertiary/aromatic N) is 2. The van der Waals surface area contributed by atoms with Gasteiger partial charge in [0.1, 0.15) is 0 Å². The molecule has 4 N–H and O–H groups in total. The van der Waals surface area contributed by atoms with E-state index in [4.69, 9.17) is 10.5 Å². The summed E-state index contributed by atoms with van der Waals surface area (Å²) in [6.07, 6.45) is 2.45. The van der Waals surface area contributed by atoms with Gasteiger partial charge in [0.25, 0.3) is 0 Å². The molecular weight excluding hydrogens is 418 g/mol. The zero-order valence-corrected chi connectivity index (χ0v) is 20.1. The van der Waals surface area contributed by atoms with Gasteiger partial charge in [0.15, 0.2) is 0 Å². The van der Waals surface area contributed by atoms with Gasteiger partial charge in [-0.3, -0.25) is 4.72 Å². The normalized spacial score (nSPS) is 15.5. The number of anilines is 1. The van der Waals surface area contributed by atoms with Gasteiger partial charge in [0.05, 0.1) is 12.8 Å². The molecule has 6 nitrogen and oxygen atoms in total. The zero-order valence-electron chi connectivity index (χ0n) is 19.3. The van der Waals surface area contributed by atoms with E-state index >= 15 is 0 Å². The van der Waals surface area contributed by atoms with Crippen molar-refractivity contribution < 1.29 is 4.74 Å². The van der Waals surface area contributed by atoms with Crippen LogP contribution in [0, 0.1) is 20.8 Å². The topological polar surface area (TPSA) is 85.1 Å². The van der Waals surface area contributed by atoms with E-state index in [9.17, 15) is 0 Å². The highest BCUT2D eigenvalue weighted by molar-refractivity contribution is 8.00. The lowest BCUT2D eigenvalue weighted by Gasteiger charge is -2.17. The van der Waals surface area contributed by atoms with Crippen LogP contribution in [-0.2, 0) is 0 Å². The lowest BCUT2D eigenvalue weighted by molar-refractivity contribution is 0.398. The van der Waals surface area contributed by atoms with Crippen molar-refractivity contribution in [3.05, 3.63) is 65.2 Å². The van der Waals surface area contributed by atoms with Gasteiger partial charge in [0.2, 0.25) is 11.8 Å². The summed E-state index contributed by atoms with van der Waals surface area (Å²) in [6.45, 7) is 8.43. The summed E-state index contributed by atoms with van der Waals surface area (Å²) in [5.74, 6) is 1.07. The molecule has 0 amide bonds. The van der Waals surface area contributed by atoms with Crippen LogP contribution in [0.1, 0.15) is 29.5 Å². The Morgan fingerprint density at radius 2 is 1.81 bits per heavy atom. The van der Waals surface area contributed by atoms with E-state index in [1.54, 1.807) is 7.11 Å². The molecule has 0 bridgehead atoms. The molecule has 4 rings (SSSR count). The Morgan fingerprint density at radius 1 is 1.06 bits per heavy atom. The monoisotopic (exact) mass is 451 g/mol. The molecule has 2 aromatic carbocycles. The molecule has 1 aliphatic heterocycles. The van der Waals surface area contributed by atoms with Gasteiger partial charge in [-0.15, -0.1) is 0 Å². The lowest BCUT2D eigenvalue weighted by Crippen LogP contribution is -2.39. The first-order chi connectivity index (χ1) is 15.5. The highest BCUT2D eigenvalue weighted by atomic mass is 32.2. The first-order valence-electron chi connectivity index (χ1n) is 10.9. The van der Waals surface area contributed by atoms with Crippen LogP contribution in [0.2, 0.25) is 0 Å². The van der Waals surface area contributed by atoms with Crippen molar-refractivity contribution in [2.45, 2.75) is 44.6 Å². The van der Waals surface area contributed by atoms with Gasteiger partial charge in [-0.05, 0) is 80.9 Å².